The van der Waals surface area contributed by atoms with E-state index in [2.05, 4.69) is 0 Å². The van der Waals surface area contributed by atoms with Crippen molar-refractivity contribution in [1.82, 2.24) is 0 Å². The molecule has 0 N–H and O–H groups in total. The largest absolute Gasteiger partial charge is 0.454 e. The summed E-state index contributed by atoms with van der Waals surface area (Å²) >= 11 is 0. The Kier molecular flexibility index (Phi) is 6.67. The van der Waals surface area contributed by atoms with E-state index in [9.17, 15) is 24.4 Å². The van der Waals surface area contributed by atoms with E-state index in [1.54, 1.807) is 6.07 Å². The van der Waals surface area contributed by atoms with Crippen molar-refractivity contribution in [3.8, 4) is 6.07 Å². The molecule has 132 valence electrons. The molecular weight excluding hydrogens is 326 g/mol. The Hall–Kier alpha value is -2.67. The Morgan fingerprint density at radius 2 is 1.17 bits per heavy atom. The highest BCUT2D eigenvalue weighted by atomic mass is 16.7. The van der Waals surface area contributed by atoms with E-state index in [0.29, 0.717) is 0 Å². The zero-order chi connectivity index (χ0) is 18.4. The average molecular weight is 343 g/mol. The van der Waals surface area contributed by atoms with Gasteiger partial charge in [-0.25, -0.2) is 0 Å². The first-order chi connectivity index (χ1) is 11.1. The molecule has 1 saturated heterocycles. The predicted molar refractivity (Wildman–Crippen MR) is 72.7 cm³/mol. The van der Waals surface area contributed by atoms with Crippen molar-refractivity contribution in [3.63, 3.8) is 0 Å². The number of carbonyl (C=O) groups is 4. The Morgan fingerprint density at radius 3 is 1.58 bits per heavy atom. The van der Waals surface area contributed by atoms with Crippen LogP contribution in [0.15, 0.2) is 0 Å². The molecule has 10 nitrogen and oxygen atoms in total. The highest BCUT2D eigenvalue weighted by Gasteiger charge is 2.53. The average Bonchev–Trinajstić information content (AvgIpc) is 2.42. The number of rotatable bonds is 4. The lowest BCUT2D eigenvalue weighted by Gasteiger charge is -2.41. The molecule has 24 heavy (non-hydrogen) atoms. The van der Waals surface area contributed by atoms with Crippen LogP contribution in [0.4, 0.5) is 0 Å². The van der Waals surface area contributed by atoms with Crippen LogP contribution in [0.1, 0.15) is 27.7 Å². The maximum Gasteiger partial charge on any atom is 0.305 e. The van der Waals surface area contributed by atoms with Crippen LogP contribution in [-0.4, -0.2) is 54.6 Å². The second-order valence-corrected chi connectivity index (χ2v) is 4.89. The highest BCUT2D eigenvalue weighted by molar-refractivity contribution is 5.69. The molecule has 1 rings (SSSR count). The summed E-state index contributed by atoms with van der Waals surface area (Å²) in [5.41, 5.74) is 0. The van der Waals surface area contributed by atoms with Crippen LogP contribution in [-0.2, 0) is 42.9 Å². The van der Waals surface area contributed by atoms with Gasteiger partial charge in [-0.15, -0.1) is 0 Å². The van der Waals surface area contributed by atoms with Gasteiger partial charge in [-0.3, -0.25) is 19.2 Å². The topological polar surface area (TPSA) is 138 Å². The zero-order valence-corrected chi connectivity index (χ0v) is 13.5. The van der Waals surface area contributed by atoms with Crippen molar-refractivity contribution in [3.05, 3.63) is 0 Å². The minimum Gasteiger partial charge on any atom is -0.454 e. The van der Waals surface area contributed by atoms with Gasteiger partial charge in [0, 0.05) is 27.7 Å². The maximum absolute atomic E-state index is 11.4. The summed E-state index contributed by atoms with van der Waals surface area (Å²) in [5.74, 6) is -3.11. The number of hydrogen-bond donors (Lipinski definition) is 0. The predicted octanol–water partition coefficient (Wildman–Crippen LogP) is -0.407. The molecule has 1 fully saturated rings. The highest BCUT2D eigenvalue weighted by Crippen LogP contribution is 2.29. The first kappa shape index (κ1) is 19.4. The molecule has 10 heteroatoms. The molecule has 0 spiro atoms. The van der Waals surface area contributed by atoms with Crippen LogP contribution in [0.2, 0.25) is 0 Å². The van der Waals surface area contributed by atoms with E-state index in [-0.39, 0.29) is 0 Å². The van der Waals surface area contributed by atoms with Gasteiger partial charge in [-0.2, -0.15) is 5.26 Å². The van der Waals surface area contributed by atoms with Crippen molar-refractivity contribution in [2.75, 3.05) is 0 Å². The summed E-state index contributed by atoms with van der Waals surface area (Å²) in [4.78, 5) is 45.2. The maximum atomic E-state index is 11.4. The number of carbonyl (C=O) groups excluding carboxylic acids is 4. The first-order valence-electron chi connectivity index (χ1n) is 6.89. The number of ether oxygens (including phenoxy) is 5. The Labute approximate surface area is 137 Å². The fourth-order valence-electron chi connectivity index (χ4n) is 2.14. The molecule has 0 aromatic carbocycles. The van der Waals surface area contributed by atoms with Crippen LogP contribution in [0.3, 0.4) is 0 Å². The SMILES string of the molecule is CC(=O)OC1OC(C#N)[C@@H](OC(C)=O)[C@@H](OC(C)=O)[C@@H]1OC(C)=O. The van der Waals surface area contributed by atoms with Gasteiger partial charge >= 0.3 is 23.9 Å². The van der Waals surface area contributed by atoms with E-state index >= 15 is 0 Å². The minimum absolute atomic E-state index is 0.770. The summed E-state index contributed by atoms with van der Waals surface area (Å²) in [6.45, 7) is 4.31. The third-order valence-corrected chi connectivity index (χ3v) is 2.81. The van der Waals surface area contributed by atoms with Crippen molar-refractivity contribution in [2.45, 2.75) is 58.4 Å². The van der Waals surface area contributed by atoms with Gasteiger partial charge < -0.3 is 23.7 Å². The van der Waals surface area contributed by atoms with Gasteiger partial charge in [0.15, 0.2) is 18.3 Å². The number of nitriles is 1. The van der Waals surface area contributed by atoms with E-state index in [1.165, 1.54) is 0 Å². The molecule has 0 amide bonds. The molecule has 0 radical (unpaired) electrons. The molecule has 1 aliphatic rings. The third-order valence-electron chi connectivity index (χ3n) is 2.81. The van der Waals surface area contributed by atoms with Gasteiger partial charge in [0.05, 0.1) is 6.07 Å². The molecule has 2 unspecified atom stereocenters. The molecule has 0 saturated carbocycles. The fourth-order valence-corrected chi connectivity index (χ4v) is 2.14. The number of esters is 4. The summed E-state index contributed by atoms with van der Waals surface area (Å²) in [6, 6.07) is 1.72. The van der Waals surface area contributed by atoms with Gasteiger partial charge in [0.1, 0.15) is 0 Å². The van der Waals surface area contributed by atoms with Crippen LogP contribution in [0.5, 0.6) is 0 Å². The molecular formula is C14H17NO9. The molecule has 1 aliphatic heterocycles. The van der Waals surface area contributed by atoms with Crippen LogP contribution in [0, 0.1) is 11.3 Å². The molecule has 0 bridgehead atoms. The van der Waals surface area contributed by atoms with Gasteiger partial charge in [-0.1, -0.05) is 0 Å². The number of hydrogen-bond acceptors (Lipinski definition) is 10. The van der Waals surface area contributed by atoms with Crippen molar-refractivity contribution >= 4 is 23.9 Å². The monoisotopic (exact) mass is 343 g/mol. The van der Waals surface area contributed by atoms with Crippen molar-refractivity contribution in [2.24, 2.45) is 0 Å². The summed E-state index contributed by atoms with van der Waals surface area (Å²) in [7, 11) is 0. The smallest absolute Gasteiger partial charge is 0.305 e. The van der Waals surface area contributed by atoms with Crippen molar-refractivity contribution < 1.29 is 42.9 Å². The summed E-state index contributed by atoms with van der Waals surface area (Å²) < 4.78 is 25.1. The van der Waals surface area contributed by atoms with Gasteiger partial charge in [0.25, 0.3) is 0 Å². The molecule has 0 aromatic rings. The van der Waals surface area contributed by atoms with Crippen LogP contribution < -0.4 is 0 Å². The third kappa shape index (κ3) is 5.20. The molecule has 1 heterocycles. The van der Waals surface area contributed by atoms with E-state index in [1.807, 2.05) is 0 Å². The summed E-state index contributed by atoms with van der Waals surface area (Å²) in [6.07, 6.45) is -7.09. The van der Waals surface area contributed by atoms with E-state index in [0.717, 1.165) is 27.7 Å². The van der Waals surface area contributed by atoms with E-state index < -0.39 is 54.6 Å². The van der Waals surface area contributed by atoms with Gasteiger partial charge in [0.2, 0.25) is 12.4 Å². The van der Waals surface area contributed by atoms with E-state index in [4.69, 9.17) is 23.7 Å². The fraction of sp³-hybridized carbons (Fsp3) is 0.643. The quantitative estimate of drug-likeness (QED) is 0.489. The van der Waals surface area contributed by atoms with Crippen LogP contribution >= 0.6 is 0 Å². The Balaban J connectivity index is 3.26. The van der Waals surface area contributed by atoms with Crippen molar-refractivity contribution in [1.29, 1.82) is 5.26 Å². The second-order valence-electron chi connectivity index (χ2n) is 4.89. The zero-order valence-electron chi connectivity index (χ0n) is 13.5. The second kappa shape index (κ2) is 8.26. The molecule has 0 aromatic heterocycles. The number of nitrogens with zero attached hydrogens (tertiary/aromatic N) is 1. The van der Waals surface area contributed by atoms with Gasteiger partial charge in [-0.05, 0) is 0 Å². The Morgan fingerprint density at radius 1 is 0.750 bits per heavy atom. The summed E-state index contributed by atoms with van der Waals surface area (Å²) in [5, 5.41) is 9.19. The lowest BCUT2D eigenvalue weighted by atomic mass is 9.98. The lowest BCUT2D eigenvalue weighted by molar-refractivity contribution is -0.286. The van der Waals surface area contributed by atoms with Crippen LogP contribution in [0.25, 0.3) is 0 Å². The minimum atomic E-state index is -1.51. The Bertz CT molecular complexity index is 567. The standard InChI is InChI=1S/C14H17NO9/c1-6(16)20-11-10(5-15)24-14(23-9(4)19)13(22-8(3)18)12(11)21-7(2)17/h10-14H,1-4H3/t10?,11-,12-,13+,14?/m1/s1. The molecule has 0 aliphatic carbocycles. The first-order valence-corrected chi connectivity index (χ1v) is 6.89. The normalized spacial score (nSPS) is 28.9. The molecule has 5 atom stereocenters. The lowest BCUT2D eigenvalue weighted by Crippen LogP contribution is -2.61.